The van der Waals surface area contributed by atoms with Crippen molar-refractivity contribution < 1.29 is 14.3 Å². The smallest absolute Gasteiger partial charge is 0.326 e. The lowest BCUT2D eigenvalue weighted by atomic mass is 9.86. The first kappa shape index (κ1) is 24.3. The Hall–Kier alpha value is -3.01. The molecule has 9 heteroatoms. The van der Waals surface area contributed by atoms with E-state index in [0.29, 0.717) is 17.5 Å². The molecule has 4 aliphatic rings. The predicted octanol–water partition coefficient (Wildman–Crippen LogP) is 3.79. The molecule has 0 bridgehead atoms. The van der Waals surface area contributed by atoms with Crippen LogP contribution in [0.25, 0.3) is 0 Å². The first-order valence-corrected chi connectivity index (χ1v) is 13.9. The van der Waals surface area contributed by atoms with Gasteiger partial charge in [-0.05, 0) is 82.2 Å². The largest absolute Gasteiger partial charge is 0.457 e. The molecule has 0 radical (unpaired) electrons. The molecule has 3 unspecified atom stereocenters. The summed E-state index contributed by atoms with van der Waals surface area (Å²) in [6.45, 7) is 4.51. The number of ether oxygens (including phenoxy) is 1. The van der Waals surface area contributed by atoms with Gasteiger partial charge in [-0.25, -0.2) is 4.79 Å². The van der Waals surface area contributed by atoms with E-state index in [1.54, 1.807) is 11.8 Å². The van der Waals surface area contributed by atoms with Gasteiger partial charge in [0, 0.05) is 29.9 Å². The molecule has 3 fully saturated rings. The number of aryl methyl sites for hydroxylation is 1. The number of anilines is 1. The Labute approximate surface area is 221 Å². The summed E-state index contributed by atoms with van der Waals surface area (Å²) < 4.78 is 6.00. The molecule has 0 spiro atoms. The Balaban J connectivity index is 1.23. The summed E-state index contributed by atoms with van der Waals surface area (Å²) in [5.74, 6) is 1.46. The van der Waals surface area contributed by atoms with Crippen LogP contribution in [0.15, 0.2) is 59.1 Å². The van der Waals surface area contributed by atoms with Gasteiger partial charge < -0.3 is 25.6 Å². The number of nitrogens with zero attached hydrogens (tertiary/aromatic N) is 2. The van der Waals surface area contributed by atoms with Crippen molar-refractivity contribution in [1.29, 1.82) is 0 Å². The Bertz CT molecular complexity index is 1240. The molecule has 0 saturated carbocycles. The van der Waals surface area contributed by atoms with E-state index < -0.39 is 0 Å². The minimum Gasteiger partial charge on any atom is -0.457 e. The van der Waals surface area contributed by atoms with Crippen LogP contribution >= 0.6 is 11.8 Å². The van der Waals surface area contributed by atoms with Gasteiger partial charge in [-0.2, -0.15) is 0 Å². The van der Waals surface area contributed by atoms with Crippen molar-refractivity contribution in [3.8, 4) is 11.5 Å². The second-order valence-electron chi connectivity index (χ2n) is 10.3. The minimum atomic E-state index is -0.181. The SMILES string of the molecule is Cc1cc(Oc2ccccc2)ccc1N1C(=O)NC2=C(C(=O)NC[C@H]3CCCN3C)SC3NCCC1C23. The third-order valence-electron chi connectivity index (χ3n) is 7.92. The molecule has 4 aliphatic heterocycles. The normalized spacial score (nSPS) is 27.2. The van der Waals surface area contributed by atoms with Crippen molar-refractivity contribution in [2.24, 2.45) is 5.92 Å². The molecule has 4 heterocycles. The quantitative estimate of drug-likeness (QED) is 0.539. The number of likely N-dealkylation sites (tertiary alicyclic amines) is 1. The molecule has 37 heavy (non-hydrogen) atoms. The average Bonchev–Trinajstić information content (AvgIpc) is 3.48. The van der Waals surface area contributed by atoms with Crippen LogP contribution in [-0.2, 0) is 4.79 Å². The Morgan fingerprint density at radius 2 is 2.00 bits per heavy atom. The first-order valence-electron chi connectivity index (χ1n) is 13.1. The van der Waals surface area contributed by atoms with Gasteiger partial charge in [0.25, 0.3) is 5.91 Å². The number of amides is 3. The van der Waals surface area contributed by atoms with E-state index in [9.17, 15) is 9.59 Å². The fourth-order valence-corrected chi connectivity index (χ4v) is 7.43. The lowest BCUT2D eigenvalue weighted by Gasteiger charge is -2.46. The second kappa shape index (κ2) is 10.0. The number of urea groups is 1. The molecule has 194 valence electrons. The third kappa shape index (κ3) is 4.60. The van der Waals surface area contributed by atoms with Crippen molar-refractivity contribution in [3.05, 3.63) is 64.7 Å². The van der Waals surface area contributed by atoms with Gasteiger partial charge in [-0.15, -0.1) is 0 Å². The summed E-state index contributed by atoms with van der Waals surface area (Å²) in [7, 11) is 2.11. The standard InChI is InChI=1S/C28H33N5O3S/c1-17-15-20(36-19-8-4-3-5-9-19)10-11-21(17)33-22-12-13-29-27-23(22)24(31-28(33)35)25(37-27)26(34)30-16-18-7-6-14-32(18)2/h3-5,8-11,15,18,22-23,27,29H,6-7,12-14,16H2,1-2H3,(H,30,34)(H,31,35)/t18-,22?,23?,27?/m1/s1. The van der Waals surface area contributed by atoms with Crippen molar-refractivity contribution in [2.75, 3.05) is 31.6 Å². The number of carbonyl (C=O) groups is 2. The second-order valence-corrected chi connectivity index (χ2v) is 11.4. The topological polar surface area (TPSA) is 85.9 Å². The Morgan fingerprint density at radius 1 is 1.16 bits per heavy atom. The van der Waals surface area contributed by atoms with E-state index in [2.05, 4.69) is 27.9 Å². The summed E-state index contributed by atoms with van der Waals surface area (Å²) in [4.78, 5) is 31.6. The number of nitrogens with one attached hydrogen (secondary N) is 3. The van der Waals surface area contributed by atoms with Crippen LogP contribution in [0.2, 0.25) is 0 Å². The molecule has 2 aromatic carbocycles. The van der Waals surface area contributed by atoms with Crippen LogP contribution in [0.4, 0.5) is 10.5 Å². The summed E-state index contributed by atoms with van der Waals surface area (Å²) in [5, 5.41) is 9.88. The number of piperidine rings is 1. The zero-order chi connectivity index (χ0) is 25.5. The fourth-order valence-electron chi connectivity index (χ4n) is 6.02. The van der Waals surface area contributed by atoms with Crippen LogP contribution in [0.5, 0.6) is 11.5 Å². The highest BCUT2D eigenvalue weighted by Crippen LogP contribution is 2.48. The fraction of sp³-hybridized carbons (Fsp3) is 0.429. The number of para-hydroxylation sites is 1. The van der Waals surface area contributed by atoms with Gasteiger partial charge in [-0.1, -0.05) is 30.0 Å². The molecule has 6 rings (SSSR count). The number of carbonyl (C=O) groups excluding carboxylic acids is 2. The van der Waals surface area contributed by atoms with Crippen LogP contribution in [0.1, 0.15) is 24.8 Å². The Morgan fingerprint density at radius 3 is 2.76 bits per heavy atom. The van der Waals surface area contributed by atoms with E-state index in [-0.39, 0.29) is 29.3 Å². The van der Waals surface area contributed by atoms with Crippen LogP contribution in [0.3, 0.4) is 0 Å². The van der Waals surface area contributed by atoms with E-state index >= 15 is 0 Å². The maximum atomic E-state index is 13.5. The van der Waals surface area contributed by atoms with Crippen LogP contribution < -0.4 is 25.6 Å². The summed E-state index contributed by atoms with van der Waals surface area (Å²) in [5.41, 5.74) is 2.61. The highest BCUT2D eigenvalue weighted by molar-refractivity contribution is 8.04. The number of benzene rings is 2. The van der Waals surface area contributed by atoms with Gasteiger partial charge in [0.15, 0.2) is 0 Å². The maximum Gasteiger partial charge on any atom is 0.326 e. The first-order chi connectivity index (χ1) is 18.0. The monoisotopic (exact) mass is 519 g/mol. The van der Waals surface area contributed by atoms with Crippen LogP contribution in [-0.4, -0.2) is 61.0 Å². The number of thioether (sulfide) groups is 1. The number of likely N-dealkylation sites (N-methyl/N-ethyl adjacent to an activating group) is 1. The molecule has 3 amide bonds. The van der Waals surface area contributed by atoms with E-state index in [4.69, 9.17) is 4.74 Å². The van der Waals surface area contributed by atoms with Crippen molar-refractivity contribution >= 4 is 29.4 Å². The summed E-state index contributed by atoms with van der Waals surface area (Å²) >= 11 is 1.55. The molecule has 3 N–H and O–H groups in total. The number of hydrogen-bond acceptors (Lipinski definition) is 6. The zero-order valence-electron chi connectivity index (χ0n) is 21.2. The molecule has 0 aliphatic carbocycles. The molecular formula is C28H33N5O3S. The molecule has 2 aromatic rings. The van der Waals surface area contributed by atoms with Crippen molar-refractivity contribution in [3.63, 3.8) is 0 Å². The van der Waals surface area contributed by atoms with Crippen molar-refractivity contribution in [2.45, 2.75) is 43.6 Å². The molecule has 0 aromatic heterocycles. The zero-order valence-corrected chi connectivity index (χ0v) is 22.0. The van der Waals surface area contributed by atoms with E-state index in [1.807, 2.05) is 60.4 Å². The number of hydrogen-bond donors (Lipinski definition) is 3. The molecule has 3 saturated heterocycles. The average molecular weight is 520 g/mol. The van der Waals surface area contributed by atoms with Gasteiger partial charge >= 0.3 is 6.03 Å². The molecular weight excluding hydrogens is 486 g/mol. The molecule has 8 nitrogen and oxygen atoms in total. The minimum absolute atomic E-state index is 0.0200. The lowest BCUT2D eigenvalue weighted by molar-refractivity contribution is -0.117. The van der Waals surface area contributed by atoms with Crippen molar-refractivity contribution in [1.82, 2.24) is 20.9 Å². The van der Waals surface area contributed by atoms with E-state index in [0.717, 1.165) is 54.4 Å². The predicted molar refractivity (Wildman–Crippen MR) is 146 cm³/mol. The van der Waals surface area contributed by atoms with Gasteiger partial charge in [0.2, 0.25) is 0 Å². The highest BCUT2D eigenvalue weighted by atomic mass is 32.2. The van der Waals surface area contributed by atoms with E-state index in [1.165, 1.54) is 6.42 Å². The Kier molecular flexibility index (Phi) is 6.60. The van der Waals surface area contributed by atoms with Gasteiger partial charge in [0.05, 0.1) is 16.3 Å². The third-order valence-corrected chi connectivity index (χ3v) is 9.28. The van der Waals surface area contributed by atoms with Gasteiger partial charge in [0.1, 0.15) is 11.5 Å². The lowest BCUT2D eigenvalue weighted by Crippen LogP contribution is -2.62. The van der Waals surface area contributed by atoms with Gasteiger partial charge in [-0.3, -0.25) is 9.69 Å². The number of rotatable bonds is 6. The van der Waals surface area contributed by atoms with Crippen LogP contribution in [0, 0.1) is 12.8 Å². The summed E-state index contributed by atoms with van der Waals surface area (Å²) in [6, 6.07) is 15.7. The molecule has 4 atom stereocenters. The highest BCUT2D eigenvalue weighted by Gasteiger charge is 2.51. The summed E-state index contributed by atoms with van der Waals surface area (Å²) in [6.07, 6.45) is 3.09. The maximum absolute atomic E-state index is 13.5.